The van der Waals surface area contributed by atoms with Gasteiger partial charge in [-0.2, -0.15) is 0 Å². The van der Waals surface area contributed by atoms with Crippen molar-refractivity contribution in [1.29, 1.82) is 0 Å². The van der Waals surface area contributed by atoms with Gasteiger partial charge in [0.05, 0.1) is 12.1 Å². The normalized spacial score (nSPS) is 11.6. The zero-order chi connectivity index (χ0) is 19.2. The summed E-state index contributed by atoms with van der Waals surface area (Å²) in [6.45, 7) is 1.44. The molecule has 0 unspecified atom stereocenters. The van der Waals surface area contributed by atoms with Crippen molar-refractivity contribution in [2.45, 2.75) is 19.4 Å². The van der Waals surface area contributed by atoms with Gasteiger partial charge in [0.15, 0.2) is 6.10 Å². The fraction of sp³-hybridized carbons (Fsp3) is 0.150. The molecule has 2 N–H and O–H groups in total. The maximum Gasteiger partial charge on any atom is 0.312 e. The van der Waals surface area contributed by atoms with Crippen LogP contribution in [0.3, 0.4) is 0 Å². The van der Waals surface area contributed by atoms with Gasteiger partial charge in [-0.1, -0.05) is 30.3 Å². The van der Waals surface area contributed by atoms with Crippen LogP contribution < -0.4 is 10.5 Å². The number of para-hydroxylation sites is 1. The zero-order valence-electron chi connectivity index (χ0n) is 14.6. The van der Waals surface area contributed by atoms with E-state index in [-0.39, 0.29) is 6.42 Å². The largest absolute Gasteiger partial charge is 0.457 e. The third-order valence-corrected chi connectivity index (χ3v) is 4.59. The summed E-state index contributed by atoms with van der Waals surface area (Å²) >= 11 is 1.42. The number of rotatable bonds is 7. The molecule has 3 aromatic rings. The molecule has 0 radical (unpaired) electrons. The van der Waals surface area contributed by atoms with Crippen molar-refractivity contribution in [2.75, 3.05) is 0 Å². The first-order valence-electron chi connectivity index (χ1n) is 8.28. The lowest BCUT2D eigenvalue weighted by atomic mass is 10.2. The average molecular weight is 382 g/mol. The number of carbonyl (C=O) groups excluding carboxylic acids is 2. The number of nitrogens with two attached hydrogens (primary N) is 1. The summed E-state index contributed by atoms with van der Waals surface area (Å²) in [5.41, 5.74) is 6.55. The zero-order valence-corrected chi connectivity index (χ0v) is 15.4. The molecule has 0 aliphatic rings. The highest BCUT2D eigenvalue weighted by molar-refractivity contribution is 7.13. The molecule has 6 nitrogen and oxygen atoms in total. The van der Waals surface area contributed by atoms with E-state index >= 15 is 0 Å². The van der Waals surface area contributed by atoms with Gasteiger partial charge in [0.1, 0.15) is 16.5 Å². The highest BCUT2D eigenvalue weighted by Gasteiger charge is 2.16. The molecule has 138 valence electrons. The van der Waals surface area contributed by atoms with Crippen LogP contribution in [-0.4, -0.2) is 23.0 Å². The number of amides is 1. The Hall–Kier alpha value is -3.19. The summed E-state index contributed by atoms with van der Waals surface area (Å²) < 4.78 is 10.8. The van der Waals surface area contributed by atoms with Crippen LogP contribution in [0.4, 0.5) is 0 Å². The van der Waals surface area contributed by atoms with Crippen LogP contribution in [0, 0.1) is 0 Å². The Kier molecular flexibility index (Phi) is 5.83. The molecule has 1 aromatic heterocycles. The number of aromatic nitrogens is 1. The quantitative estimate of drug-likeness (QED) is 0.631. The Morgan fingerprint density at radius 1 is 1.11 bits per heavy atom. The molecule has 7 heteroatoms. The van der Waals surface area contributed by atoms with Crippen molar-refractivity contribution in [3.05, 3.63) is 65.7 Å². The highest BCUT2D eigenvalue weighted by Crippen LogP contribution is 2.29. The van der Waals surface area contributed by atoms with Crippen LogP contribution in [-0.2, 0) is 20.7 Å². The maximum absolute atomic E-state index is 11.8. The van der Waals surface area contributed by atoms with E-state index in [1.807, 2.05) is 54.6 Å². The van der Waals surface area contributed by atoms with Gasteiger partial charge >= 0.3 is 5.97 Å². The number of ether oxygens (including phenoxy) is 2. The highest BCUT2D eigenvalue weighted by atomic mass is 32.1. The molecule has 1 amide bonds. The van der Waals surface area contributed by atoms with Gasteiger partial charge in [0, 0.05) is 10.9 Å². The van der Waals surface area contributed by atoms with E-state index in [9.17, 15) is 9.59 Å². The number of carbonyl (C=O) groups is 2. The molecule has 0 spiro atoms. The fourth-order valence-corrected chi connectivity index (χ4v) is 3.10. The molecule has 0 fully saturated rings. The molecule has 27 heavy (non-hydrogen) atoms. The summed E-state index contributed by atoms with van der Waals surface area (Å²) in [6.07, 6.45) is -0.976. The van der Waals surface area contributed by atoms with Crippen molar-refractivity contribution in [2.24, 2.45) is 5.73 Å². The van der Waals surface area contributed by atoms with Gasteiger partial charge in [-0.25, -0.2) is 4.98 Å². The predicted octanol–water partition coefficient (Wildman–Crippen LogP) is 3.56. The Bertz CT molecular complexity index is 940. The van der Waals surface area contributed by atoms with Crippen molar-refractivity contribution in [1.82, 2.24) is 4.98 Å². The van der Waals surface area contributed by atoms with Gasteiger partial charge in [-0.15, -0.1) is 11.3 Å². The molecule has 0 saturated heterocycles. The van der Waals surface area contributed by atoms with Crippen LogP contribution in [0.15, 0.2) is 60.0 Å². The van der Waals surface area contributed by atoms with Crippen LogP contribution in [0.2, 0.25) is 0 Å². The molecule has 0 saturated carbocycles. The lowest BCUT2D eigenvalue weighted by molar-refractivity contribution is -0.153. The molecular weight excluding hydrogens is 364 g/mol. The number of hydrogen-bond acceptors (Lipinski definition) is 6. The third-order valence-electron chi connectivity index (χ3n) is 3.65. The number of primary amides is 1. The molecule has 0 bridgehead atoms. The van der Waals surface area contributed by atoms with E-state index in [2.05, 4.69) is 4.98 Å². The molecule has 0 aliphatic heterocycles. The topological polar surface area (TPSA) is 91.5 Å². The summed E-state index contributed by atoms with van der Waals surface area (Å²) in [7, 11) is 0. The minimum atomic E-state index is -0.956. The van der Waals surface area contributed by atoms with Crippen LogP contribution in [0.25, 0.3) is 10.6 Å². The summed E-state index contributed by atoms with van der Waals surface area (Å²) in [5, 5.41) is 2.55. The number of hydrogen-bond donors (Lipinski definition) is 1. The lowest BCUT2D eigenvalue weighted by Crippen LogP contribution is -2.30. The molecular formula is C20H18N2O4S. The second-order valence-electron chi connectivity index (χ2n) is 5.80. The minimum Gasteiger partial charge on any atom is -0.457 e. The summed E-state index contributed by atoms with van der Waals surface area (Å²) in [4.78, 5) is 27.3. The van der Waals surface area contributed by atoms with Gasteiger partial charge < -0.3 is 15.2 Å². The molecule has 1 heterocycles. The molecule has 1 atom stereocenters. The number of nitrogens with zero attached hydrogens (tertiary/aromatic N) is 1. The average Bonchev–Trinajstić information content (AvgIpc) is 3.11. The maximum atomic E-state index is 11.8. The number of thiazole rings is 1. The second-order valence-corrected chi connectivity index (χ2v) is 6.66. The SMILES string of the molecule is C[C@H](OC(=O)Cc1csc(-c2cccc(Oc3ccccc3)c2)n1)C(N)=O. The second kappa shape index (κ2) is 8.46. The Balaban J connectivity index is 1.68. The van der Waals surface area contributed by atoms with Crippen molar-refractivity contribution in [3.8, 4) is 22.1 Å². The monoisotopic (exact) mass is 382 g/mol. The van der Waals surface area contributed by atoms with Crippen molar-refractivity contribution >= 4 is 23.2 Å². The number of benzene rings is 2. The van der Waals surface area contributed by atoms with Gasteiger partial charge in [-0.05, 0) is 31.2 Å². The van der Waals surface area contributed by atoms with Crippen molar-refractivity contribution in [3.63, 3.8) is 0 Å². The molecule has 0 aliphatic carbocycles. The Morgan fingerprint density at radius 2 is 1.85 bits per heavy atom. The fourth-order valence-electron chi connectivity index (χ4n) is 2.28. The molecule has 2 aromatic carbocycles. The minimum absolute atomic E-state index is 0.0195. The van der Waals surface area contributed by atoms with E-state index in [1.165, 1.54) is 18.3 Å². The van der Waals surface area contributed by atoms with Gasteiger partial charge in [0.25, 0.3) is 5.91 Å². The van der Waals surface area contributed by atoms with E-state index in [1.54, 1.807) is 5.38 Å². The first-order valence-corrected chi connectivity index (χ1v) is 9.16. The molecule has 3 rings (SSSR count). The van der Waals surface area contributed by atoms with E-state index in [0.29, 0.717) is 11.4 Å². The van der Waals surface area contributed by atoms with Crippen LogP contribution in [0.1, 0.15) is 12.6 Å². The van der Waals surface area contributed by atoms with Crippen molar-refractivity contribution < 1.29 is 19.1 Å². The predicted molar refractivity (Wildman–Crippen MR) is 103 cm³/mol. The lowest BCUT2D eigenvalue weighted by Gasteiger charge is -2.08. The van der Waals surface area contributed by atoms with Gasteiger partial charge in [-0.3, -0.25) is 9.59 Å². The van der Waals surface area contributed by atoms with Crippen LogP contribution in [0.5, 0.6) is 11.5 Å². The van der Waals surface area contributed by atoms with E-state index in [0.717, 1.165) is 16.3 Å². The standard InChI is InChI=1S/C20H18N2O4S/c1-13(19(21)24)25-18(23)11-15-12-27-20(22-15)14-6-5-9-17(10-14)26-16-7-3-2-4-8-16/h2-10,12-13H,11H2,1H3,(H2,21,24)/t13-/m0/s1. The number of esters is 1. The summed E-state index contributed by atoms with van der Waals surface area (Å²) in [6, 6.07) is 17.1. The Labute approximate surface area is 160 Å². The van der Waals surface area contributed by atoms with Gasteiger partial charge in [0.2, 0.25) is 0 Å². The first-order chi connectivity index (χ1) is 13.0. The summed E-state index contributed by atoms with van der Waals surface area (Å²) in [5.74, 6) is 0.225. The van der Waals surface area contributed by atoms with E-state index in [4.69, 9.17) is 15.2 Å². The smallest absolute Gasteiger partial charge is 0.312 e. The Morgan fingerprint density at radius 3 is 2.59 bits per heavy atom. The third kappa shape index (κ3) is 5.15. The van der Waals surface area contributed by atoms with Crippen LogP contribution >= 0.6 is 11.3 Å². The van der Waals surface area contributed by atoms with E-state index < -0.39 is 18.0 Å². The first kappa shape index (κ1) is 18.6.